The van der Waals surface area contributed by atoms with E-state index in [2.05, 4.69) is 6.92 Å². The van der Waals surface area contributed by atoms with Gasteiger partial charge in [0.1, 0.15) is 0 Å². The third-order valence-corrected chi connectivity index (χ3v) is 3.34. The van der Waals surface area contributed by atoms with E-state index in [4.69, 9.17) is 5.73 Å². The lowest BCUT2D eigenvalue weighted by Gasteiger charge is -2.34. The molecule has 0 bridgehead atoms. The Hall–Kier alpha value is -0.830. The predicted molar refractivity (Wildman–Crippen MR) is 67.0 cm³/mol. The molecular formula is C13H24N2O. The van der Waals surface area contributed by atoms with Crippen LogP contribution < -0.4 is 5.73 Å². The molecule has 1 aliphatic rings. The standard InChI is InChI=1S/C13H24N2O/c1-4-6-10(2)13(16)15-8-5-7-12(9-15)11(3)14/h6,11-12H,4-5,7-9,14H2,1-3H3/b10-6+/t11-,12-/m0/s1. The summed E-state index contributed by atoms with van der Waals surface area (Å²) in [5.41, 5.74) is 6.78. The van der Waals surface area contributed by atoms with E-state index < -0.39 is 0 Å². The molecule has 0 aromatic heterocycles. The quantitative estimate of drug-likeness (QED) is 0.745. The van der Waals surface area contributed by atoms with Crippen molar-refractivity contribution >= 4 is 5.91 Å². The predicted octanol–water partition coefficient (Wildman–Crippen LogP) is 1.93. The normalized spacial score (nSPS) is 24.4. The summed E-state index contributed by atoms with van der Waals surface area (Å²) in [5, 5.41) is 0. The average Bonchev–Trinajstić information content (AvgIpc) is 2.28. The highest BCUT2D eigenvalue weighted by Crippen LogP contribution is 2.20. The van der Waals surface area contributed by atoms with Crippen molar-refractivity contribution in [3.05, 3.63) is 11.6 Å². The molecule has 0 aromatic rings. The minimum absolute atomic E-state index is 0.186. The van der Waals surface area contributed by atoms with Gasteiger partial charge in [-0.15, -0.1) is 0 Å². The maximum atomic E-state index is 12.1. The van der Waals surface area contributed by atoms with Gasteiger partial charge in [0.25, 0.3) is 0 Å². The zero-order valence-electron chi connectivity index (χ0n) is 10.7. The Morgan fingerprint density at radius 2 is 2.31 bits per heavy atom. The van der Waals surface area contributed by atoms with E-state index in [1.165, 1.54) is 0 Å². The SMILES string of the molecule is CC/C=C(\C)C(=O)N1CCC[C@H]([C@H](C)N)C1. The molecule has 0 radical (unpaired) electrons. The summed E-state index contributed by atoms with van der Waals surface area (Å²) < 4.78 is 0. The number of amides is 1. The number of rotatable bonds is 3. The van der Waals surface area contributed by atoms with Crippen LogP contribution in [0.5, 0.6) is 0 Å². The molecule has 1 heterocycles. The molecule has 0 spiro atoms. The molecule has 3 nitrogen and oxygen atoms in total. The number of nitrogens with two attached hydrogens (primary N) is 1. The van der Waals surface area contributed by atoms with Gasteiger partial charge in [-0.25, -0.2) is 0 Å². The molecular weight excluding hydrogens is 200 g/mol. The van der Waals surface area contributed by atoms with Crippen molar-refractivity contribution in [2.75, 3.05) is 13.1 Å². The number of carbonyl (C=O) groups excluding carboxylic acids is 1. The van der Waals surface area contributed by atoms with Crippen LogP contribution in [0.2, 0.25) is 0 Å². The van der Waals surface area contributed by atoms with Gasteiger partial charge in [-0.3, -0.25) is 4.79 Å². The van der Waals surface area contributed by atoms with Gasteiger partial charge in [0.15, 0.2) is 0 Å². The number of likely N-dealkylation sites (tertiary alicyclic amines) is 1. The number of carbonyl (C=O) groups is 1. The third kappa shape index (κ3) is 3.34. The summed E-state index contributed by atoms with van der Waals surface area (Å²) in [6.07, 6.45) is 5.15. The molecule has 1 rings (SSSR count). The zero-order valence-corrected chi connectivity index (χ0v) is 10.7. The fraction of sp³-hybridized carbons (Fsp3) is 0.769. The summed E-state index contributed by atoms with van der Waals surface area (Å²) in [4.78, 5) is 14.0. The number of hydrogen-bond donors (Lipinski definition) is 1. The van der Waals surface area contributed by atoms with Gasteiger partial charge in [-0.05, 0) is 39.0 Å². The maximum absolute atomic E-state index is 12.1. The fourth-order valence-electron chi connectivity index (χ4n) is 2.27. The molecule has 1 fully saturated rings. The van der Waals surface area contributed by atoms with E-state index in [0.29, 0.717) is 5.92 Å². The molecule has 92 valence electrons. The van der Waals surface area contributed by atoms with Gasteiger partial charge in [-0.1, -0.05) is 13.0 Å². The summed E-state index contributed by atoms with van der Waals surface area (Å²) >= 11 is 0. The molecule has 1 saturated heterocycles. The van der Waals surface area contributed by atoms with Crippen molar-refractivity contribution in [3.8, 4) is 0 Å². The smallest absolute Gasteiger partial charge is 0.249 e. The molecule has 0 saturated carbocycles. The van der Waals surface area contributed by atoms with Crippen LogP contribution >= 0.6 is 0 Å². The van der Waals surface area contributed by atoms with Crippen LogP contribution in [0.1, 0.15) is 40.0 Å². The molecule has 0 unspecified atom stereocenters. The third-order valence-electron chi connectivity index (χ3n) is 3.34. The van der Waals surface area contributed by atoms with Gasteiger partial charge in [-0.2, -0.15) is 0 Å². The van der Waals surface area contributed by atoms with Crippen molar-refractivity contribution in [2.24, 2.45) is 11.7 Å². The summed E-state index contributed by atoms with van der Waals surface area (Å²) in [7, 11) is 0. The Kier molecular flexibility index (Phi) is 5.00. The minimum Gasteiger partial charge on any atom is -0.339 e. The van der Waals surface area contributed by atoms with E-state index in [1.54, 1.807) is 0 Å². The first-order chi connectivity index (χ1) is 7.56. The average molecular weight is 224 g/mol. The first-order valence-corrected chi connectivity index (χ1v) is 6.27. The topological polar surface area (TPSA) is 46.3 Å². The minimum atomic E-state index is 0.186. The second-order valence-corrected chi connectivity index (χ2v) is 4.81. The summed E-state index contributed by atoms with van der Waals surface area (Å²) in [6.45, 7) is 7.70. The van der Waals surface area contributed by atoms with Gasteiger partial charge in [0.05, 0.1) is 0 Å². The number of nitrogens with zero attached hydrogens (tertiary/aromatic N) is 1. The van der Waals surface area contributed by atoms with E-state index in [1.807, 2.05) is 24.8 Å². The molecule has 1 aliphatic heterocycles. The van der Waals surface area contributed by atoms with Gasteiger partial charge < -0.3 is 10.6 Å². The van der Waals surface area contributed by atoms with Crippen LogP contribution in [-0.4, -0.2) is 29.9 Å². The second kappa shape index (κ2) is 6.04. The Bertz CT molecular complexity index is 271. The highest BCUT2D eigenvalue weighted by Gasteiger charge is 2.25. The number of allylic oxidation sites excluding steroid dienone is 1. The Labute approximate surface area is 98.7 Å². The highest BCUT2D eigenvalue weighted by atomic mass is 16.2. The molecule has 3 heteroatoms. The van der Waals surface area contributed by atoms with Crippen LogP contribution in [0, 0.1) is 5.92 Å². The van der Waals surface area contributed by atoms with Crippen molar-refractivity contribution in [1.29, 1.82) is 0 Å². The maximum Gasteiger partial charge on any atom is 0.249 e. The van der Waals surface area contributed by atoms with Crippen LogP contribution in [0.4, 0.5) is 0 Å². The Balaban J connectivity index is 2.60. The van der Waals surface area contributed by atoms with Crippen LogP contribution in [0.3, 0.4) is 0 Å². The van der Waals surface area contributed by atoms with Crippen molar-refractivity contribution in [3.63, 3.8) is 0 Å². The van der Waals surface area contributed by atoms with Crippen molar-refractivity contribution in [2.45, 2.75) is 46.1 Å². The number of piperidine rings is 1. The Morgan fingerprint density at radius 1 is 1.62 bits per heavy atom. The monoisotopic (exact) mass is 224 g/mol. The fourth-order valence-corrected chi connectivity index (χ4v) is 2.27. The van der Waals surface area contributed by atoms with E-state index in [-0.39, 0.29) is 11.9 Å². The first kappa shape index (κ1) is 13.2. The van der Waals surface area contributed by atoms with Crippen LogP contribution in [-0.2, 0) is 4.79 Å². The number of hydrogen-bond acceptors (Lipinski definition) is 2. The first-order valence-electron chi connectivity index (χ1n) is 6.27. The molecule has 1 amide bonds. The van der Waals surface area contributed by atoms with E-state index in [9.17, 15) is 4.79 Å². The van der Waals surface area contributed by atoms with E-state index in [0.717, 1.165) is 37.9 Å². The van der Waals surface area contributed by atoms with Crippen LogP contribution in [0.15, 0.2) is 11.6 Å². The van der Waals surface area contributed by atoms with E-state index >= 15 is 0 Å². The lowest BCUT2D eigenvalue weighted by molar-refractivity contribution is -0.129. The Morgan fingerprint density at radius 3 is 2.88 bits per heavy atom. The molecule has 0 aromatic carbocycles. The van der Waals surface area contributed by atoms with Gasteiger partial charge >= 0.3 is 0 Å². The van der Waals surface area contributed by atoms with Crippen molar-refractivity contribution in [1.82, 2.24) is 4.90 Å². The lowest BCUT2D eigenvalue weighted by atomic mass is 9.92. The summed E-state index contributed by atoms with van der Waals surface area (Å²) in [5.74, 6) is 0.652. The lowest BCUT2D eigenvalue weighted by Crippen LogP contribution is -2.45. The molecule has 2 N–H and O–H groups in total. The van der Waals surface area contributed by atoms with Gasteiger partial charge in [0, 0.05) is 24.7 Å². The summed E-state index contributed by atoms with van der Waals surface area (Å²) in [6, 6.07) is 0.186. The zero-order chi connectivity index (χ0) is 12.1. The highest BCUT2D eigenvalue weighted by molar-refractivity contribution is 5.92. The van der Waals surface area contributed by atoms with Crippen LogP contribution in [0.25, 0.3) is 0 Å². The largest absolute Gasteiger partial charge is 0.339 e. The second-order valence-electron chi connectivity index (χ2n) is 4.81. The van der Waals surface area contributed by atoms with Gasteiger partial charge in [0.2, 0.25) is 5.91 Å². The van der Waals surface area contributed by atoms with Crippen molar-refractivity contribution < 1.29 is 4.79 Å². The molecule has 0 aliphatic carbocycles. The molecule has 16 heavy (non-hydrogen) atoms. The molecule has 2 atom stereocenters.